The number of nitrogens with one attached hydrogen (secondary N) is 1. The SMILES string of the molecule is OC1CCCn2c1nnc2C1CCNC1. The second-order valence-electron chi connectivity index (χ2n) is 4.42. The number of aromatic nitrogens is 3. The molecule has 82 valence electrons. The third kappa shape index (κ3) is 1.46. The molecule has 1 aromatic heterocycles. The number of rotatable bonds is 1. The van der Waals surface area contributed by atoms with Crippen molar-refractivity contribution in [2.75, 3.05) is 13.1 Å². The minimum atomic E-state index is -0.408. The first-order chi connectivity index (χ1) is 7.36. The first-order valence-corrected chi connectivity index (χ1v) is 5.68. The predicted molar refractivity (Wildman–Crippen MR) is 54.4 cm³/mol. The zero-order valence-electron chi connectivity index (χ0n) is 8.69. The highest BCUT2D eigenvalue weighted by molar-refractivity contribution is 5.08. The van der Waals surface area contributed by atoms with Crippen LogP contribution in [-0.4, -0.2) is 33.0 Å². The van der Waals surface area contributed by atoms with Gasteiger partial charge in [-0.05, 0) is 25.8 Å². The van der Waals surface area contributed by atoms with Crippen molar-refractivity contribution in [3.05, 3.63) is 11.6 Å². The average Bonchev–Trinajstić information content (AvgIpc) is 2.85. The predicted octanol–water partition coefficient (Wildman–Crippen LogP) is 0.182. The van der Waals surface area contributed by atoms with Gasteiger partial charge in [0.2, 0.25) is 0 Å². The standard InChI is InChI=1S/C10H16N4O/c15-8-2-1-5-14-9(12-13-10(8)14)7-3-4-11-6-7/h7-8,11,15H,1-6H2. The van der Waals surface area contributed by atoms with Gasteiger partial charge in [-0.25, -0.2) is 0 Å². The summed E-state index contributed by atoms with van der Waals surface area (Å²) in [4.78, 5) is 0. The molecule has 5 nitrogen and oxygen atoms in total. The first kappa shape index (κ1) is 9.30. The summed E-state index contributed by atoms with van der Waals surface area (Å²) in [5.74, 6) is 2.31. The normalized spacial score (nSPS) is 30.5. The first-order valence-electron chi connectivity index (χ1n) is 5.68. The van der Waals surface area contributed by atoms with Crippen molar-refractivity contribution in [1.29, 1.82) is 0 Å². The third-order valence-corrected chi connectivity index (χ3v) is 3.39. The Kier molecular flexibility index (Phi) is 2.21. The maximum Gasteiger partial charge on any atom is 0.161 e. The summed E-state index contributed by atoms with van der Waals surface area (Å²) >= 11 is 0. The lowest BCUT2D eigenvalue weighted by Crippen LogP contribution is -2.19. The molecular weight excluding hydrogens is 192 g/mol. The Bertz CT molecular complexity index is 356. The van der Waals surface area contributed by atoms with E-state index in [1.807, 2.05) is 0 Å². The van der Waals surface area contributed by atoms with Crippen LogP contribution in [0.15, 0.2) is 0 Å². The Labute approximate surface area is 88.5 Å². The van der Waals surface area contributed by atoms with Crippen molar-refractivity contribution in [2.24, 2.45) is 0 Å². The van der Waals surface area contributed by atoms with Crippen LogP contribution in [0, 0.1) is 0 Å². The van der Waals surface area contributed by atoms with E-state index < -0.39 is 6.10 Å². The molecule has 3 rings (SSSR count). The number of hydrogen-bond donors (Lipinski definition) is 2. The maximum atomic E-state index is 9.78. The summed E-state index contributed by atoms with van der Waals surface area (Å²) in [5, 5.41) is 21.5. The molecule has 0 aromatic carbocycles. The minimum Gasteiger partial charge on any atom is -0.385 e. The molecule has 0 radical (unpaired) electrons. The fourth-order valence-electron chi connectivity index (χ4n) is 2.55. The lowest BCUT2D eigenvalue weighted by Gasteiger charge is -2.20. The third-order valence-electron chi connectivity index (χ3n) is 3.39. The number of hydrogen-bond acceptors (Lipinski definition) is 4. The molecular formula is C10H16N4O. The molecule has 1 saturated heterocycles. The average molecular weight is 208 g/mol. The highest BCUT2D eigenvalue weighted by Gasteiger charge is 2.28. The lowest BCUT2D eigenvalue weighted by atomic mass is 10.1. The summed E-state index contributed by atoms with van der Waals surface area (Å²) in [7, 11) is 0. The fourth-order valence-corrected chi connectivity index (χ4v) is 2.55. The van der Waals surface area contributed by atoms with Crippen LogP contribution in [-0.2, 0) is 6.54 Å². The molecule has 3 heterocycles. The van der Waals surface area contributed by atoms with Crippen molar-refractivity contribution >= 4 is 0 Å². The summed E-state index contributed by atoms with van der Waals surface area (Å²) in [5.41, 5.74) is 0. The lowest BCUT2D eigenvalue weighted by molar-refractivity contribution is 0.132. The van der Waals surface area contributed by atoms with Crippen LogP contribution in [0.2, 0.25) is 0 Å². The molecule has 2 N–H and O–H groups in total. The van der Waals surface area contributed by atoms with Crippen LogP contribution >= 0.6 is 0 Å². The fraction of sp³-hybridized carbons (Fsp3) is 0.800. The van der Waals surface area contributed by atoms with Crippen LogP contribution in [0.25, 0.3) is 0 Å². The summed E-state index contributed by atoms with van der Waals surface area (Å²) in [6.07, 6.45) is 2.57. The van der Waals surface area contributed by atoms with Crippen molar-refractivity contribution in [3.63, 3.8) is 0 Å². The van der Waals surface area contributed by atoms with Gasteiger partial charge in [0.05, 0.1) is 0 Å². The van der Waals surface area contributed by atoms with Gasteiger partial charge in [-0.1, -0.05) is 0 Å². The Morgan fingerprint density at radius 2 is 2.13 bits per heavy atom. The molecule has 0 spiro atoms. The molecule has 0 amide bonds. The van der Waals surface area contributed by atoms with Crippen molar-refractivity contribution in [1.82, 2.24) is 20.1 Å². The summed E-state index contributed by atoms with van der Waals surface area (Å²) in [6, 6.07) is 0. The maximum absolute atomic E-state index is 9.78. The van der Waals surface area contributed by atoms with Gasteiger partial charge in [0.1, 0.15) is 11.9 Å². The number of aliphatic hydroxyl groups excluding tert-OH is 1. The summed E-state index contributed by atoms with van der Waals surface area (Å²) < 4.78 is 2.12. The van der Waals surface area contributed by atoms with Gasteiger partial charge < -0.3 is 15.0 Å². The van der Waals surface area contributed by atoms with Crippen molar-refractivity contribution in [3.8, 4) is 0 Å². The van der Waals surface area contributed by atoms with E-state index in [1.54, 1.807) is 0 Å². The van der Waals surface area contributed by atoms with E-state index >= 15 is 0 Å². The molecule has 2 aliphatic rings. The molecule has 2 unspecified atom stereocenters. The highest BCUT2D eigenvalue weighted by atomic mass is 16.3. The largest absolute Gasteiger partial charge is 0.385 e. The van der Waals surface area contributed by atoms with Gasteiger partial charge >= 0.3 is 0 Å². The van der Waals surface area contributed by atoms with E-state index in [1.165, 1.54) is 0 Å². The van der Waals surface area contributed by atoms with E-state index in [4.69, 9.17) is 0 Å². The van der Waals surface area contributed by atoms with Gasteiger partial charge in [-0.15, -0.1) is 10.2 Å². The van der Waals surface area contributed by atoms with Gasteiger partial charge in [0.25, 0.3) is 0 Å². The molecule has 1 fully saturated rings. The minimum absolute atomic E-state index is 0.408. The van der Waals surface area contributed by atoms with Crippen LogP contribution < -0.4 is 5.32 Å². The summed E-state index contributed by atoms with van der Waals surface area (Å²) in [6.45, 7) is 3.02. The smallest absolute Gasteiger partial charge is 0.161 e. The molecule has 2 aliphatic heterocycles. The Balaban J connectivity index is 1.95. The topological polar surface area (TPSA) is 63.0 Å². The van der Waals surface area contributed by atoms with E-state index in [-0.39, 0.29) is 0 Å². The van der Waals surface area contributed by atoms with Crippen LogP contribution in [0.3, 0.4) is 0 Å². The second kappa shape index (κ2) is 3.57. The molecule has 0 bridgehead atoms. The Hall–Kier alpha value is -0.940. The molecule has 15 heavy (non-hydrogen) atoms. The highest BCUT2D eigenvalue weighted by Crippen LogP contribution is 2.28. The number of nitrogens with zero attached hydrogens (tertiary/aromatic N) is 3. The van der Waals surface area contributed by atoms with Crippen LogP contribution in [0.5, 0.6) is 0 Å². The zero-order valence-corrected chi connectivity index (χ0v) is 8.69. The van der Waals surface area contributed by atoms with Gasteiger partial charge in [0, 0.05) is 19.0 Å². The Morgan fingerprint density at radius 3 is 2.93 bits per heavy atom. The van der Waals surface area contributed by atoms with E-state index in [9.17, 15) is 5.11 Å². The molecule has 2 atom stereocenters. The van der Waals surface area contributed by atoms with E-state index in [0.29, 0.717) is 5.92 Å². The molecule has 5 heteroatoms. The van der Waals surface area contributed by atoms with E-state index in [2.05, 4.69) is 20.1 Å². The van der Waals surface area contributed by atoms with Gasteiger partial charge in [-0.3, -0.25) is 0 Å². The van der Waals surface area contributed by atoms with Crippen LogP contribution in [0.4, 0.5) is 0 Å². The monoisotopic (exact) mass is 208 g/mol. The van der Waals surface area contributed by atoms with E-state index in [0.717, 1.165) is 50.5 Å². The van der Waals surface area contributed by atoms with Crippen LogP contribution in [0.1, 0.15) is 42.9 Å². The Morgan fingerprint density at radius 1 is 1.27 bits per heavy atom. The van der Waals surface area contributed by atoms with Gasteiger partial charge in [-0.2, -0.15) is 0 Å². The quantitative estimate of drug-likeness (QED) is 0.691. The molecule has 0 aliphatic carbocycles. The number of fused-ring (bicyclic) bond motifs is 1. The van der Waals surface area contributed by atoms with Crippen molar-refractivity contribution < 1.29 is 5.11 Å². The molecule has 1 aromatic rings. The van der Waals surface area contributed by atoms with Gasteiger partial charge in [0.15, 0.2) is 5.82 Å². The number of aliphatic hydroxyl groups is 1. The molecule has 0 saturated carbocycles. The second-order valence-corrected chi connectivity index (χ2v) is 4.42. The zero-order chi connectivity index (χ0) is 10.3. The van der Waals surface area contributed by atoms with Crippen molar-refractivity contribution in [2.45, 2.75) is 37.8 Å².